The van der Waals surface area contributed by atoms with Crippen LogP contribution in [0.2, 0.25) is 0 Å². The van der Waals surface area contributed by atoms with E-state index in [0.29, 0.717) is 44.3 Å². The number of anilines is 1. The molecule has 1 aliphatic heterocycles. The van der Waals surface area contributed by atoms with Crippen LogP contribution in [0, 0.1) is 6.92 Å². The standard InChI is InChI=1S/C19H24N4O3S/c1-13-10-17(21-26-13)20-18(24)12-22-6-8-23(9-7-22)19(25)16-11-14-4-2-3-5-15(14)27-16/h10-11H,2-9,12H2,1H3,(H,20,21,24). The summed E-state index contributed by atoms with van der Waals surface area (Å²) in [5, 5.41) is 6.50. The number of amides is 2. The van der Waals surface area contributed by atoms with Gasteiger partial charge in [-0.05, 0) is 44.2 Å². The number of hydrogen-bond acceptors (Lipinski definition) is 6. The molecular weight excluding hydrogens is 364 g/mol. The molecule has 1 fully saturated rings. The van der Waals surface area contributed by atoms with Crippen molar-refractivity contribution in [2.75, 3.05) is 38.0 Å². The van der Waals surface area contributed by atoms with Crippen LogP contribution in [0.4, 0.5) is 5.82 Å². The van der Waals surface area contributed by atoms with Gasteiger partial charge in [-0.15, -0.1) is 11.3 Å². The largest absolute Gasteiger partial charge is 0.360 e. The average molecular weight is 388 g/mol. The van der Waals surface area contributed by atoms with Gasteiger partial charge in [0.1, 0.15) is 5.76 Å². The SMILES string of the molecule is Cc1cc(NC(=O)CN2CCN(C(=O)c3cc4c(s3)CCCC4)CC2)no1. The topological polar surface area (TPSA) is 78.7 Å². The zero-order chi connectivity index (χ0) is 18.8. The lowest BCUT2D eigenvalue weighted by molar-refractivity contribution is -0.117. The van der Waals surface area contributed by atoms with Gasteiger partial charge in [-0.2, -0.15) is 0 Å². The van der Waals surface area contributed by atoms with E-state index in [1.165, 1.54) is 23.3 Å². The summed E-state index contributed by atoms with van der Waals surface area (Å²) in [6.07, 6.45) is 4.68. The predicted octanol–water partition coefficient (Wildman–Crippen LogP) is 2.32. The van der Waals surface area contributed by atoms with Crippen LogP contribution in [-0.2, 0) is 17.6 Å². The molecule has 2 aromatic heterocycles. The third kappa shape index (κ3) is 4.22. The number of hydrogen-bond donors (Lipinski definition) is 1. The first-order valence-electron chi connectivity index (χ1n) is 9.45. The minimum atomic E-state index is -0.117. The second kappa shape index (κ2) is 7.82. The van der Waals surface area contributed by atoms with E-state index in [9.17, 15) is 9.59 Å². The number of fused-ring (bicyclic) bond motifs is 1. The highest BCUT2D eigenvalue weighted by Gasteiger charge is 2.26. The Morgan fingerprint density at radius 3 is 2.67 bits per heavy atom. The molecule has 7 nitrogen and oxygen atoms in total. The van der Waals surface area contributed by atoms with Crippen LogP contribution in [0.15, 0.2) is 16.7 Å². The molecule has 3 heterocycles. The number of carbonyl (C=O) groups is 2. The van der Waals surface area contributed by atoms with Gasteiger partial charge < -0.3 is 14.7 Å². The fourth-order valence-electron chi connectivity index (χ4n) is 3.67. The van der Waals surface area contributed by atoms with Gasteiger partial charge in [0.15, 0.2) is 5.82 Å². The number of aryl methyl sites for hydroxylation is 3. The Balaban J connectivity index is 1.27. The van der Waals surface area contributed by atoms with E-state index in [-0.39, 0.29) is 11.8 Å². The molecule has 0 saturated carbocycles. The highest BCUT2D eigenvalue weighted by atomic mass is 32.1. The molecule has 144 valence electrons. The number of carbonyl (C=O) groups excluding carboxylic acids is 2. The molecule has 2 amide bonds. The van der Waals surface area contributed by atoms with Crippen LogP contribution in [-0.4, -0.2) is 59.5 Å². The third-order valence-corrected chi connectivity index (χ3v) is 6.35. The van der Waals surface area contributed by atoms with Crippen molar-refractivity contribution in [3.05, 3.63) is 33.2 Å². The Labute approximate surface area is 162 Å². The van der Waals surface area contributed by atoms with Gasteiger partial charge >= 0.3 is 0 Å². The Morgan fingerprint density at radius 2 is 1.96 bits per heavy atom. The van der Waals surface area contributed by atoms with E-state index in [0.717, 1.165) is 17.7 Å². The number of nitrogens with zero attached hydrogens (tertiary/aromatic N) is 3. The molecule has 0 unspecified atom stereocenters. The number of piperazine rings is 1. The van der Waals surface area contributed by atoms with Crippen molar-refractivity contribution < 1.29 is 14.1 Å². The monoisotopic (exact) mass is 388 g/mol. The Morgan fingerprint density at radius 1 is 1.19 bits per heavy atom. The summed E-state index contributed by atoms with van der Waals surface area (Å²) in [7, 11) is 0. The van der Waals surface area contributed by atoms with Crippen LogP contribution >= 0.6 is 11.3 Å². The molecule has 0 aromatic carbocycles. The fraction of sp³-hybridized carbons (Fsp3) is 0.526. The molecule has 0 atom stereocenters. The van der Waals surface area contributed by atoms with E-state index in [1.807, 2.05) is 4.90 Å². The zero-order valence-electron chi connectivity index (χ0n) is 15.5. The lowest BCUT2D eigenvalue weighted by Crippen LogP contribution is -2.50. The summed E-state index contributed by atoms with van der Waals surface area (Å²) in [4.78, 5) is 31.2. The minimum Gasteiger partial charge on any atom is -0.360 e. The smallest absolute Gasteiger partial charge is 0.264 e. The molecule has 1 saturated heterocycles. The van der Waals surface area contributed by atoms with Crippen molar-refractivity contribution in [1.82, 2.24) is 15.0 Å². The molecular formula is C19H24N4O3S. The molecule has 0 bridgehead atoms. The Bertz CT molecular complexity index is 812. The lowest BCUT2D eigenvalue weighted by atomic mass is 9.99. The summed E-state index contributed by atoms with van der Waals surface area (Å²) in [5.41, 5.74) is 1.37. The van der Waals surface area contributed by atoms with Crippen molar-refractivity contribution in [2.24, 2.45) is 0 Å². The first-order chi connectivity index (χ1) is 13.1. The molecule has 1 aliphatic carbocycles. The van der Waals surface area contributed by atoms with Crippen LogP contribution in [0.1, 0.15) is 38.7 Å². The average Bonchev–Trinajstić information content (AvgIpc) is 3.27. The number of aromatic nitrogens is 1. The summed E-state index contributed by atoms with van der Waals surface area (Å²) >= 11 is 1.67. The first kappa shape index (κ1) is 18.2. The molecule has 2 aromatic rings. The zero-order valence-corrected chi connectivity index (χ0v) is 16.3. The highest BCUT2D eigenvalue weighted by Crippen LogP contribution is 2.30. The summed E-state index contributed by atoms with van der Waals surface area (Å²) in [6, 6.07) is 3.79. The van der Waals surface area contributed by atoms with Gasteiger partial charge in [-0.25, -0.2) is 0 Å². The summed E-state index contributed by atoms with van der Waals surface area (Å²) in [6.45, 7) is 4.77. The van der Waals surface area contributed by atoms with E-state index in [4.69, 9.17) is 4.52 Å². The van der Waals surface area contributed by atoms with Crippen LogP contribution in [0.5, 0.6) is 0 Å². The van der Waals surface area contributed by atoms with Crippen molar-refractivity contribution in [3.8, 4) is 0 Å². The fourth-order valence-corrected chi connectivity index (χ4v) is 4.89. The highest BCUT2D eigenvalue weighted by molar-refractivity contribution is 7.14. The van der Waals surface area contributed by atoms with Gasteiger partial charge in [-0.3, -0.25) is 14.5 Å². The normalized spacial score (nSPS) is 17.6. The second-order valence-electron chi connectivity index (χ2n) is 7.21. The van der Waals surface area contributed by atoms with Crippen molar-refractivity contribution in [1.29, 1.82) is 0 Å². The van der Waals surface area contributed by atoms with Gasteiger partial charge in [-0.1, -0.05) is 5.16 Å². The number of thiophene rings is 1. The maximum Gasteiger partial charge on any atom is 0.264 e. The minimum absolute atomic E-state index is 0.117. The van der Waals surface area contributed by atoms with Crippen molar-refractivity contribution >= 4 is 29.0 Å². The maximum atomic E-state index is 12.8. The summed E-state index contributed by atoms with van der Waals surface area (Å²) in [5.74, 6) is 1.12. The van der Waals surface area contributed by atoms with Gasteiger partial charge in [0.05, 0.1) is 11.4 Å². The van der Waals surface area contributed by atoms with E-state index < -0.39 is 0 Å². The Kier molecular flexibility index (Phi) is 5.27. The van der Waals surface area contributed by atoms with Crippen molar-refractivity contribution in [3.63, 3.8) is 0 Å². The molecule has 0 radical (unpaired) electrons. The van der Waals surface area contributed by atoms with E-state index in [2.05, 4.69) is 21.4 Å². The predicted molar refractivity (Wildman–Crippen MR) is 103 cm³/mol. The molecule has 0 spiro atoms. The number of nitrogens with one attached hydrogen (secondary N) is 1. The molecule has 1 N–H and O–H groups in total. The quantitative estimate of drug-likeness (QED) is 0.870. The lowest BCUT2D eigenvalue weighted by Gasteiger charge is -2.34. The van der Waals surface area contributed by atoms with Crippen LogP contribution in [0.3, 0.4) is 0 Å². The van der Waals surface area contributed by atoms with Crippen LogP contribution in [0.25, 0.3) is 0 Å². The first-order valence-corrected chi connectivity index (χ1v) is 10.3. The third-order valence-electron chi connectivity index (χ3n) is 5.13. The van der Waals surface area contributed by atoms with E-state index >= 15 is 0 Å². The molecule has 27 heavy (non-hydrogen) atoms. The molecule has 4 rings (SSSR count). The van der Waals surface area contributed by atoms with Gasteiger partial charge in [0.2, 0.25) is 5.91 Å². The van der Waals surface area contributed by atoms with E-state index in [1.54, 1.807) is 24.3 Å². The number of rotatable bonds is 4. The molecule has 8 heteroatoms. The van der Waals surface area contributed by atoms with Gasteiger partial charge in [0.25, 0.3) is 5.91 Å². The second-order valence-corrected chi connectivity index (χ2v) is 8.34. The van der Waals surface area contributed by atoms with Crippen LogP contribution < -0.4 is 5.32 Å². The van der Waals surface area contributed by atoms with Gasteiger partial charge in [0, 0.05) is 37.1 Å². The molecule has 2 aliphatic rings. The Hall–Kier alpha value is -2.19. The summed E-state index contributed by atoms with van der Waals surface area (Å²) < 4.78 is 4.95. The van der Waals surface area contributed by atoms with Crippen molar-refractivity contribution in [2.45, 2.75) is 32.6 Å². The maximum absolute atomic E-state index is 12.8.